The van der Waals surface area contributed by atoms with E-state index in [1.54, 1.807) is 13.8 Å². The van der Waals surface area contributed by atoms with Crippen LogP contribution in [0.1, 0.15) is 40.5 Å². The number of Topliss-reactive ketones (excluding diaryl/α,β-unsaturated/α-hetero) is 1. The van der Waals surface area contributed by atoms with Gasteiger partial charge in [-0.3, -0.25) is 4.79 Å². The molecule has 3 heteroatoms. The highest BCUT2D eigenvalue weighted by Crippen LogP contribution is 2.19. The van der Waals surface area contributed by atoms with Crippen LogP contribution in [0.2, 0.25) is 0 Å². The second-order valence-electron chi connectivity index (χ2n) is 4.76. The van der Waals surface area contributed by atoms with Gasteiger partial charge in [-0.15, -0.1) is 0 Å². The first kappa shape index (κ1) is 9.68. The van der Waals surface area contributed by atoms with E-state index in [1.807, 2.05) is 13.8 Å². The van der Waals surface area contributed by atoms with E-state index in [1.165, 1.54) is 0 Å². The third kappa shape index (κ3) is 1.27. The number of carbonyl (C=O) groups is 1. The predicted molar refractivity (Wildman–Crippen MR) is 46.7 cm³/mol. The Labute approximate surface area is 73.3 Å². The summed E-state index contributed by atoms with van der Waals surface area (Å²) in [5.41, 5.74) is -1.06. The summed E-state index contributed by atoms with van der Waals surface area (Å²) in [7, 11) is 0. The Morgan fingerprint density at radius 2 is 1.83 bits per heavy atom. The summed E-state index contributed by atoms with van der Waals surface area (Å²) in [6, 6.07) is 0. The third-order valence-electron chi connectivity index (χ3n) is 2.86. The Bertz CT molecular complexity index is 209. The molecule has 0 aliphatic carbocycles. The molecular formula is C9H17NO2. The Balaban J connectivity index is 2.93. The van der Waals surface area contributed by atoms with E-state index in [2.05, 4.69) is 0 Å². The number of quaternary nitrogens is 1. The maximum Gasteiger partial charge on any atom is 0.192 e. The van der Waals surface area contributed by atoms with Gasteiger partial charge in [0, 0.05) is 12.8 Å². The van der Waals surface area contributed by atoms with Gasteiger partial charge in [0.15, 0.2) is 11.3 Å². The van der Waals surface area contributed by atoms with E-state index in [-0.39, 0.29) is 16.4 Å². The fourth-order valence-electron chi connectivity index (χ4n) is 1.82. The van der Waals surface area contributed by atoms with Gasteiger partial charge in [0.2, 0.25) is 0 Å². The van der Waals surface area contributed by atoms with E-state index in [0.29, 0.717) is 12.8 Å². The molecule has 0 saturated carbocycles. The van der Waals surface area contributed by atoms with Gasteiger partial charge in [0.1, 0.15) is 0 Å². The first-order valence-electron chi connectivity index (χ1n) is 4.37. The maximum atomic E-state index is 11.8. The van der Waals surface area contributed by atoms with E-state index < -0.39 is 5.54 Å². The number of carbonyl (C=O) groups excluding carboxylic acids is 1. The maximum absolute atomic E-state index is 11.8. The lowest BCUT2D eigenvalue weighted by atomic mass is 9.81. The van der Waals surface area contributed by atoms with Crippen LogP contribution >= 0.6 is 0 Å². The molecule has 12 heavy (non-hydrogen) atoms. The van der Waals surface area contributed by atoms with E-state index in [4.69, 9.17) is 0 Å². The normalized spacial score (nSPS) is 33.4. The molecule has 0 aromatic heterocycles. The van der Waals surface area contributed by atoms with Crippen molar-refractivity contribution in [2.45, 2.75) is 51.6 Å². The van der Waals surface area contributed by atoms with Crippen molar-refractivity contribution in [2.24, 2.45) is 0 Å². The van der Waals surface area contributed by atoms with E-state index in [0.717, 1.165) is 0 Å². The highest BCUT2D eigenvalue weighted by atomic mass is 16.5. The Morgan fingerprint density at radius 1 is 1.33 bits per heavy atom. The van der Waals surface area contributed by atoms with Crippen molar-refractivity contribution in [3.05, 3.63) is 5.21 Å². The molecular weight excluding hydrogens is 154 g/mol. The fourth-order valence-corrected chi connectivity index (χ4v) is 1.82. The van der Waals surface area contributed by atoms with Gasteiger partial charge in [0.25, 0.3) is 0 Å². The molecule has 0 radical (unpaired) electrons. The van der Waals surface area contributed by atoms with Crippen LogP contribution in [0.25, 0.3) is 0 Å². The van der Waals surface area contributed by atoms with Crippen molar-refractivity contribution in [3.63, 3.8) is 0 Å². The van der Waals surface area contributed by atoms with Crippen molar-refractivity contribution in [1.82, 2.24) is 0 Å². The standard InChI is InChI=1S/C9H17NO2/c1-8(2)6-5-7(11)9(3,4)10(8)12/h10H,5-6H2,1-4H3. The molecule has 1 atom stereocenters. The van der Waals surface area contributed by atoms with Crippen molar-refractivity contribution in [2.75, 3.05) is 0 Å². The summed E-state index contributed by atoms with van der Waals surface area (Å²) in [4.78, 5) is 11.4. The molecule has 1 rings (SSSR count). The molecule has 3 nitrogen and oxygen atoms in total. The molecule has 1 heterocycles. The average Bonchev–Trinajstić information content (AvgIpc) is 1.96. The molecule has 0 aromatic rings. The van der Waals surface area contributed by atoms with Gasteiger partial charge in [-0.1, -0.05) is 0 Å². The molecule has 70 valence electrons. The van der Waals surface area contributed by atoms with Crippen molar-refractivity contribution in [3.8, 4) is 0 Å². The number of piperidine rings is 1. The number of nitrogens with one attached hydrogen (secondary N) is 1. The molecule has 1 aliphatic rings. The summed E-state index contributed by atoms with van der Waals surface area (Å²) >= 11 is 0. The average molecular weight is 171 g/mol. The van der Waals surface area contributed by atoms with Crippen molar-refractivity contribution < 1.29 is 9.86 Å². The lowest BCUT2D eigenvalue weighted by Gasteiger charge is -2.50. The Kier molecular flexibility index (Phi) is 2.05. The van der Waals surface area contributed by atoms with Crippen LogP contribution in [0, 0.1) is 5.21 Å². The van der Waals surface area contributed by atoms with Crippen LogP contribution in [-0.4, -0.2) is 16.9 Å². The van der Waals surface area contributed by atoms with Gasteiger partial charge in [0.05, 0.1) is 5.54 Å². The fraction of sp³-hybridized carbons (Fsp3) is 0.889. The molecule has 0 amide bonds. The van der Waals surface area contributed by atoms with Gasteiger partial charge >= 0.3 is 0 Å². The second kappa shape index (κ2) is 2.54. The quantitative estimate of drug-likeness (QED) is 0.532. The molecule has 1 saturated heterocycles. The zero-order valence-corrected chi connectivity index (χ0v) is 8.23. The zero-order valence-electron chi connectivity index (χ0n) is 8.23. The number of ketones is 1. The summed E-state index contributed by atoms with van der Waals surface area (Å²) in [5.74, 6) is 0.0897. The number of rotatable bonds is 0. The van der Waals surface area contributed by atoms with E-state index in [9.17, 15) is 10.0 Å². The highest BCUT2D eigenvalue weighted by Gasteiger charge is 2.46. The molecule has 1 fully saturated rings. The summed E-state index contributed by atoms with van der Waals surface area (Å²) in [6.45, 7) is 7.31. The minimum atomic E-state index is -0.748. The zero-order chi connectivity index (χ0) is 9.57. The largest absolute Gasteiger partial charge is 0.633 e. The first-order valence-corrected chi connectivity index (χ1v) is 4.37. The first-order chi connectivity index (χ1) is 5.28. The molecule has 0 bridgehead atoms. The minimum absolute atomic E-state index is 0.0891. The van der Waals surface area contributed by atoms with Gasteiger partial charge < -0.3 is 10.3 Å². The topological polar surface area (TPSA) is 44.6 Å². The smallest absolute Gasteiger partial charge is 0.192 e. The highest BCUT2D eigenvalue weighted by molar-refractivity contribution is 5.86. The van der Waals surface area contributed by atoms with Gasteiger partial charge in [-0.05, 0) is 27.7 Å². The Morgan fingerprint density at radius 3 is 2.25 bits per heavy atom. The van der Waals surface area contributed by atoms with Crippen LogP contribution < -0.4 is 5.06 Å². The SMILES string of the molecule is CC1(C)CCC(=O)C(C)(C)[NH+]1[O-]. The monoisotopic (exact) mass is 171 g/mol. The van der Waals surface area contributed by atoms with Crippen LogP contribution in [0.5, 0.6) is 0 Å². The van der Waals surface area contributed by atoms with Crippen LogP contribution in [0.3, 0.4) is 0 Å². The van der Waals surface area contributed by atoms with Crippen molar-refractivity contribution in [1.29, 1.82) is 0 Å². The second-order valence-corrected chi connectivity index (χ2v) is 4.76. The molecule has 1 N–H and O–H groups in total. The third-order valence-corrected chi connectivity index (χ3v) is 2.86. The molecule has 0 spiro atoms. The summed E-state index contributed by atoms with van der Waals surface area (Å²) < 4.78 is 0. The lowest BCUT2D eigenvalue weighted by molar-refractivity contribution is -0.941. The summed E-state index contributed by atoms with van der Waals surface area (Å²) in [5, 5.41) is 11.8. The minimum Gasteiger partial charge on any atom is -0.633 e. The number of hydrogen-bond acceptors (Lipinski definition) is 2. The van der Waals surface area contributed by atoms with Crippen LogP contribution in [-0.2, 0) is 4.79 Å². The van der Waals surface area contributed by atoms with E-state index >= 15 is 0 Å². The van der Waals surface area contributed by atoms with Gasteiger partial charge in [-0.2, -0.15) is 0 Å². The Hall–Kier alpha value is -0.410. The van der Waals surface area contributed by atoms with Crippen LogP contribution in [0.4, 0.5) is 0 Å². The molecule has 1 aliphatic heterocycles. The van der Waals surface area contributed by atoms with Gasteiger partial charge in [-0.25, -0.2) is 0 Å². The predicted octanol–water partition coefficient (Wildman–Crippen LogP) is 0.289. The summed E-state index contributed by atoms with van der Waals surface area (Å²) in [6.07, 6.45) is 1.25. The number of hydrogen-bond donors (Lipinski definition) is 1. The van der Waals surface area contributed by atoms with Crippen molar-refractivity contribution >= 4 is 5.78 Å². The van der Waals surface area contributed by atoms with Crippen LogP contribution in [0.15, 0.2) is 0 Å². The molecule has 1 unspecified atom stereocenters. The lowest BCUT2D eigenvalue weighted by Crippen LogP contribution is -3.24. The number of hydroxylamine groups is 2. The molecule has 0 aromatic carbocycles.